The Hall–Kier alpha value is -0.370. The summed E-state index contributed by atoms with van der Waals surface area (Å²) in [5, 5.41) is 0. The Bertz CT molecular complexity index is 88.5. The first-order valence-corrected chi connectivity index (χ1v) is 3.04. The highest BCUT2D eigenvalue weighted by molar-refractivity contribution is 5.56. The van der Waals surface area contributed by atoms with E-state index >= 15 is 0 Å². The maximum absolute atomic E-state index is 9.94. The zero-order chi connectivity index (χ0) is 5.98. The Morgan fingerprint density at radius 2 is 2.38 bits per heavy atom. The molecule has 0 aromatic carbocycles. The summed E-state index contributed by atoms with van der Waals surface area (Å²) in [7, 11) is 0. The molecule has 0 amide bonds. The predicted molar refractivity (Wildman–Crippen MR) is 31.4 cm³/mol. The second-order valence-corrected chi connectivity index (χ2v) is 2.48. The van der Waals surface area contributed by atoms with Gasteiger partial charge in [-0.2, -0.15) is 0 Å². The normalized spacial score (nSPS) is 22.6. The minimum absolute atomic E-state index is 0.192. The molecule has 1 aliphatic rings. The highest BCUT2D eigenvalue weighted by atomic mass is 16.1. The first kappa shape index (κ1) is 5.76. The van der Waals surface area contributed by atoms with Gasteiger partial charge in [-0.3, -0.25) is 0 Å². The number of nitrogens with two attached hydrogens (primary N) is 1. The Labute approximate surface area is 49.1 Å². The van der Waals surface area contributed by atoms with Crippen molar-refractivity contribution in [2.45, 2.75) is 25.3 Å². The maximum Gasteiger partial charge on any atom is 0.136 e. The Morgan fingerprint density at radius 1 is 1.75 bits per heavy atom. The van der Waals surface area contributed by atoms with Gasteiger partial charge < -0.3 is 10.5 Å². The van der Waals surface area contributed by atoms with E-state index in [4.69, 9.17) is 5.73 Å². The largest absolute Gasteiger partial charge is 0.322 e. The van der Waals surface area contributed by atoms with Gasteiger partial charge in [0.05, 0.1) is 6.04 Å². The fourth-order valence-corrected chi connectivity index (χ4v) is 0.794. The predicted octanol–water partition coefficient (Wildman–Crippen LogP) is 0.313. The van der Waals surface area contributed by atoms with Gasteiger partial charge in [0.25, 0.3) is 0 Å². The molecule has 2 N–H and O–H groups in total. The van der Waals surface area contributed by atoms with E-state index < -0.39 is 0 Å². The average Bonchev–Trinajstić information content (AvgIpc) is 2.50. The van der Waals surface area contributed by atoms with E-state index in [2.05, 4.69) is 0 Å². The van der Waals surface area contributed by atoms with Crippen LogP contribution in [0.3, 0.4) is 0 Å². The molecular weight excluding hydrogens is 102 g/mol. The van der Waals surface area contributed by atoms with E-state index in [1.807, 2.05) is 0 Å². The second-order valence-electron chi connectivity index (χ2n) is 2.48. The van der Waals surface area contributed by atoms with Crippen LogP contribution >= 0.6 is 0 Å². The van der Waals surface area contributed by atoms with Gasteiger partial charge in [-0.05, 0) is 12.3 Å². The molecule has 8 heavy (non-hydrogen) atoms. The molecule has 1 saturated carbocycles. The number of carbonyl (C=O) groups excluding carboxylic acids is 1. The molecule has 0 aromatic heterocycles. The molecule has 46 valence electrons. The zero-order valence-corrected chi connectivity index (χ0v) is 4.84. The van der Waals surface area contributed by atoms with Gasteiger partial charge in [0.1, 0.15) is 6.29 Å². The van der Waals surface area contributed by atoms with E-state index in [1.165, 1.54) is 12.8 Å². The van der Waals surface area contributed by atoms with E-state index in [-0.39, 0.29) is 6.04 Å². The number of rotatable bonds is 3. The molecule has 2 heteroatoms. The summed E-state index contributed by atoms with van der Waals surface area (Å²) in [6.07, 6.45) is 4.30. The van der Waals surface area contributed by atoms with Gasteiger partial charge in [0.2, 0.25) is 0 Å². The van der Waals surface area contributed by atoms with Crippen LogP contribution in [0.1, 0.15) is 19.3 Å². The van der Waals surface area contributed by atoms with Crippen LogP contribution in [0.5, 0.6) is 0 Å². The maximum atomic E-state index is 9.94. The zero-order valence-electron chi connectivity index (χ0n) is 4.84. The summed E-state index contributed by atoms with van der Waals surface area (Å²) < 4.78 is 0. The molecule has 1 aliphatic carbocycles. The minimum atomic E-state index is -0.192. The van der Waals surface area contributed by atoms with Gasteiger partial charge in [0.15, 0.2) is 0 Å². The van der Waals surface area contributed by atoms with Crippen molar-refractivity contribution in [2.75, 3.05) is 0 Å². The van der Waals surface area contributed by atoms with Crippen molar-refractivity contribution in [3.05, 3.63) is 0 Å². The number of hydrogen-bond donors (Lipinski definition) is 1. The van der Waals surface area contributed by atoms with Crippen molar-refractivity contribution >= 4 is 6.29 Å². The summed E-state index contributed by atoms with van der Waals surface area (Å²) in [5.74, 6) is 0.773. The number of hydrogen-bond acceptors (Lipinski definition) is 2. The summed E-state index contributed by atoms with van der Waals surface area (Å²) in [4.78, 5) is 9.94. The Kier molecular flexibility index (Phi) is 1.63. The molecule has 0 aliphatic heterocycles. The van der Waals surface area contributed by atoms with E-state index in [9.17, 15) is 4.79 Å². The van der Waals surface area contributed by atoms with Gasteiger partial charge in [-0.25, -0.2) is 0 Å². The number of aldehydes is 1. The fourth-order valence-electron chi connectivity index (χ4n) is 0.794. The fraction of sp³-hybridized carbons (Fsp3) is 0.833. The molecule has 0 spiro atoms. The summed E-state index contributed by atoms with van der Waals surface area (Å²) in [6.45, 7) is 0. The SMILES string of the molecule is NC(C=O)CC1CC1. The van der Waals surface area contributed by atoms with Crippen molar-refractivity contribution in [2.24, 2.45) is 11.7 Å². The minimum Gasteiger partial charge on any atom is -0.322 e. The third kappa shape index (κ3) is 1.62. The molecule has 1 rings (SSSR count). The summed E-state index contributed by atoms with van der Waals surface area (Å²) in [5.41, 5.74) is 5.35. The lowest BCUT2D eigenvalue weighted by atomic mass is 10.2. The molecule has 0 aromatic rings. The summed E-state index contributed by atoms with van der Waals surface area (Å²) in [6, 6.07) is -0.192. The van der Waals surface area contributed by atoms with Crippen LogP contribution in [-0.2, 0) is 4.79 Å². The summed E-state index contributed by atoms with van der Waals surface area (Å²) >= 11 is 0. The van der Waals surface area contributed by atoms with Crippen LogP contribution < -0.4 is 5.73 Å². The molecule has 0 heterocycles. The molecule has 1 fully saturated rings. The smallest absolute Gasteiger partial charge is 0.136 e. The van der Waals surface area contributed by atoms with Gasteiger partial charge in [-0.15, -0.1) is 0 Å². The molecule has 2 nitrogen and oxygen atoms in total. The standard InChI is InChI=1S/C6H11NO/c7-6(4-8)3-5-1-2-5/h4-6H,1-3,7H2. The van der Waals surface area contributed by atoms with E-state index in [1.54, 1.807) is 0 Å². The van der Waals surface area contributed by atoms with E-state index in [0.29, 0.717) is 0 Å². The van der Waals surface area contributed by atoms with Crippen LogP contribution in [-0.4, -0.2) is 12.3 Å². The molecule has 1 atom stereocenters. The first-order chi connectivity index (χ1) is 3.83. The van der Waals surface area contributed by atoms with Crippen molar-refractivity contribution in [3.8, 4) is 0 Å². The molecule has 0 saturated heterocycles. The number of carbonyl (C=O) groups is 1. The third-order valence-electron chi connectivity index (χ3n) is 1.48. The highest BCUT2D eigenvalue weighted by Crippen LogP contribution is 2.32. The molecular formula is C6H11NO. The van der Waals surface area contributed by atoms with Crippen LogP contribution in [0, 0.1) is 5.92 Å². The van der Waals surface area contributed by atoms with Crippen molar-refractivity contribution in [3.63, 3.8) is 0 Å². The van der Waals surface area contributed by atoms with Gasteiger partial charge in [-0.1, -0.05) is 12.8 Å². The van der Waals surface area contributed by atoms with Crippen LogP contribution in [0.15, 0.2) is 0 Å². The van der Waals surface area contributed by atoms with Crippen molar-refractivity contribution in [1.82, 2.24) is 0 Å². The Balaban J connectivity index is 2.06. The van der Waals surface area contributed by atoms with E-state index in [0.717, 1.165) is 18.6 Å². The van der Waals surface area contributed by atoms with Crippen molar-refractivity contribution in [1.29, 1.82) is 0 Å². The highest BCUT2D eigenvalue weighted by Gasteiger charge is 2.23. The topological polar surface area (TPSA) is 43.1 Å². The van der Waals surface area contributed by atoms with Gasteiger partial charge >= 0.3 is 0 Å². The molecule has 1 unspecified atom stereocenters. The molecule has 0 radical (unpaired) electrons. The Morgan fingerprint density at radius 3 is 2.75 bits per heavy atom. The van der Waals surface area contributed by atoms with Crippen LogP contribution in [0.2, 0.25) is 0 Å². The lowest BCUT2D eigenvalue weighted by Crippen LogP contribution is -2.21. The average molecular weight is 113 g/mol. The van der Waals surface area contributed by atoms with Crippen LogP contribution in [0.4, 0.5) is 0 Å². The van der Waals surface area contributed by atoms with Gasteiger partial charge in [0, 0.05) is 0 Å². The lowest BCUT2D eigenvalue weighted by Gasteiger charge is -1.97. The first-order valence-electron chi connectivity index (χ1n) is 3.04. The van der Waals surface area contributed by atoms with Crippen LogP contribution in [0.25, 0.3) is 0 Å². The second kappa shape index (κ2) is 2.27. The molecule has 0 bridgehead atoms. The quantitative estimate of drug-likeness (QED) is 0.535. The monoisotopic (exact) mass is 113 g/mol. The lowest BCUT2D eigenvalue weighted by molar-refractivity contribution is -0.109. The third-order valence-corrected chi connectivity index (χ3v) is 1.48. The van der Waals surface area contributed by atoms with Crippen molar-refractivity contribution < 1.29 is 4.79 Å².